The Bertz CT molecular complexity index is 586. The molecule has 0 aliphatic carbocycles. The molecule has 1 aromatic carbocycles. The molecule has 92 valence electrons. The fraction of sp³-hybridized carbons (Fsp3) is 0.0833. The van der Waals surface area contributed by atoms with E-state index in [1.807, 2.05) is 0 Å². The summed E-state index contributed by atoms with van der Waals surface area (Å²) >= 11 is 3.11. The minimum absolute atomic E-state index is 0.279. The molecular weight excluding hydrogens is 301 g/mol. The molecule has 0 aliphatic heterocycles. The molecule has 0 saturated carbocycles. The highest BCUT2D eigenvalue weighted by molar-refractivity contribution is 9.10. The van der Waals surface area contributed by atoms with Crippen LogP contribution < -0.4 is 5.32 Å². The fourth-order valence-corrected chi connectivity index (χ4v) is 1.65. The average molecular weight is 310 g/mol. The molecular formula is C12H9BrFN3O. The number of halogens is 2. The SMILES string of the molecule is Cc1cnc(Br)nc1C(=O)Nc1ccc(F)cc1. The lowest BCUT2D eigenvalue weighted by Crippen LogP contribution is -2.15. The molecule has 0 aliphatic rings. The largest absolute Gasteiger partial charge is 0.321 e. The first-order valence-corrected chi connectivity index (χ1v) is 5.91. The standard InChI is InChI=1S/C12H9BrFN3O/c1-7-6-15-12(13)17-10(7)11(18)16-9-4-2-8(14)3-5-9/h2-6H,1H3,(H,16,18). The van der Waals surface area contributed by atoms with E-state index in [2.05, 4.69) is 31.2 Å². The summed E-state index contributed by atoms with van der Waals surface area (Å²) in [4.78, 5) is 19.9. The summed E-state index contributed by atoms with van der Waals surface area (Å²) < 4.78 is 13.1. The molecule has 6 heteroatoms. The van der Waals surface area contributed by atoms with Gasteiger partial charge in [0.05, 0.1) is 0 Å². The van der Waals surface area contributed by atoms with Crippen LogP contribution >= 0.6 is 15.9 Å². The van der Waals surface area contributed by atoms with Crippen molar-refractivity contribution >= 4 is 27.5 Å². The Balaban J connectivity index is 2.21. The predicted molar refractivity (Wildman–Crippen MR) is 68.8 cm³/mol. The lowest BCUT2D eigenvalue weighted by Gasteiger charge is -2.06. The summed E-state index contributed by atoms with van der Waals surface area (Å²) in [6, 6.07) is 5.52. The molecule has 0 spiro atoms. The van der Waals surface area contributed by atoms with Crippen molar-refractivity contribution < 1.29 is 9.18 Å². The minimum atomic E-state index is -0.359. The Morgan fingerprint density at radius 2 is 2.00 bits per heavy atom. The van der Waals surface area contributed by atoms with E-state index in [4.69, 9.17) is 0 Å². The third-order valence-corrected chi connectivity index (χ3v) is 2.64. The van der Waals surface area contributed by atoms with Crippen LogP contribution in [0.15, 0.2) is 35.2 Å². The summed E-state index contributed by atoms with van der Waals surface area (Å²) in [5, 5.41) is 2.64. The van der Waals surface area contributed by atoms with Crippen LogP contribution in [0.1, 0.15) is 16.1 Å². The summed E-state index contributed by atoms with van der Waals surface area (Å²) in [6.45, 7) is 1.74. The van der Waals surface area contributed by atoms with Gasteiger partial charge in [0, 0.05) is 11.9 Å². The van der Waals surface area contributed by atoms with E-state index in [0.29, 0.717) is 16.0 Å². The van der Waals surface area contributed by atoms with Gasteiger partial charge in [0.25, 0.3) is 5.91 Å². The van der Waals surface area contributed by atoms with Crippen molar-refractivity contribution in [3.63, 3.8) is 0 Å². The van der Waals surface area contributed by atoms with Gasteiger partial charge < -0.3 is 5.32 Å². The van der Waals surface area contributed by atoms with Gasteiger partial charge in [-0.15, -0.1) is 0 Å². The zero-order valence-electron chi connectivity index (χ0n) is 9.45. The number of aromatic nitrogens is 2. The van der Waals surface area contributed by atoms with Gasteiger partial charge in [-0.25, -0.2) is 14.4 Å². The third-order valence-electron chi connectivity index (χ3n) is 2.26. The second-order valence-electron chi connectivity index (χ2n) is 3.63. The van der Waals surface area contributed by atoms with Crippen molar-refractivity contribution in [2.45, 2.75) is 6.92 Å². The number of aryl methyl sites for hydroxylation is 1. The molecule has 0 fully saturated rings. The summed E-state index contributed by atoms with van der Waals surface area (Å²) in [7, 11) is 0. The number of hydrogen-bond donors (Lipinski definition) is 1. The van der Waals surface area contributed by atoms with E-state index in [1.54, 1.807) is 13.1 Å². The number of amides is 1. The van der Waals surface area contributed by atoms with Crippen molar-refractivity contribution in [1.82, 2.24) is 9.97 Å². The molecule has 4 nitrogen and oxygen atoms in total. The summed E-state index contributed by atoms with van der Waals surface area (Å²) in [6.07, 6.45) is 1.55. The number of nitrogens with one attached hydrogen (secondary N) is 1. The first-order valence-electron chi connectivity index (χ1n) is 5.12. The molecule has 0 radical (unpaired) electrons. The molecule has 2 rings (SSSR count). The van der Waals surface area contributed by atoms with E-state index in [-0.39, 0.29) is 17.4 Å². The number of anilines is 1. The maximum Gasteiger partial charge on any atom is 0.274 e. The van der Waals surface area contributed by atoms with Crippen molar-refractivity contribution in [3.05, 3.63) is 52.3 Å². The zero-order valence-corrected chi connectivity index (χ0v) is 11.0. The van der Waals surface area contributed by atoms with Crippen LogP contribution in [-0.2, 0) is 0 Å². The number of carbonyl (C=O) groups excluding carboxylic acids is 1. The van der Waals surface area contributed by atoms with E-state index in [1.165, 1.54) is 24.3 Å². The molecule has 0 bridgehead atoms. The van der Waals surface area contributed by atoms with Crippen LogP contribution in [0.25, 0.3) is 0 Å². The molecule has 2 aromatic rings. The van der Waals surface area contributed by atoms with Gasteiger partial charge in [0.1, 0.15) is 11.5 Å². The molecule has 1 aromatic heterocycles. The first kappa shape index (κ1) is 12.6. The van der Waals surface area contributed by atoms with Gasteiger partial charge in [-0.3, -0.25) is 4.79 Å². The van der Waals surface area contributed by atoms with Crippen molar-refractivity contribution in [3.8, 4) is 0 Å². The summed E-state index contributed by atoms with van der Waals surface area (Å²) in [5.74, 6) is -0.712. The monoisotopic (exact) mass is 309 g/mol. The molecule has 1 N–H and O–H groups in total. The van der Waals surface area contributed by atoms with Gasteiger partial charge in [0.15, 0.2) is 4.73 Å². The number of rotatable bonds is 2. The number of nitrogens with zero attached hydrogens (tertiary/aromatic N) is 2. The Kier molecular flexibility index (Phi) is 3.66. The van der Waals surface area contributed by atoms with Crippen LogP contribution in [0.2, 0.25) is 0 Å². The Morgan fingerprint density at radius 3 is 2.67 bits per heavy atom. The van der Waals surface area contributed by atoms with E-state index in [9.17, 15) is 9.18 Å². The average Bonchev–Trinajstić information content (AvgIpc) is 2.35. The molecule has 0 atom stereocenters. The van der Waals surface area contributed by atoms with Crippen LogP contribution in [0.5, 0.6) is 0 Å². The quantitative estimate of drug-likeness (QED) is 0.868. The zero-order chi connectivity index (χ0) is 13.1. The first-order chi connectivity index (χ1) is 8.56. The maximum atomic E-state index is 12.7. The number of carbonyl (C=O) groups is 1. The highest BCUT2D eigenvalue weighted by Gasteiger charge is 2.12. The van der Waals surface area contributed by atoms with E-state index in [0.717, 1.165) is 0 Å². The lowest BCUT2D eigenvalue weighted by atomic mass is 10.2. The molecule has 1 heterocycles. The topological polar surface area (TPSA) is 54.9 Å². The highest BCUT2D eigenvalue weighted by Crippen LogP contribution is 2.12. The van der Waals surface area contributed by atoms with Crippen molar-refractivity contribution in [1.29, 1.82) is 0 Å². The lowest BCUT2D eigenvalue weighted by molar-refractivity contribution is 0.102. The highest BCUT2D eigenvalue weighted by atomic mass is 79.9. The van der Waals surface area contributed by atoms with Gasteiger partial charge >= 0.3 is 0 Å². The predicted octanol–water partition coefficient (Wildman–Crippen LogP) is 2.94. The van der Waals surface area contributed by atoms with E-state index >= 15 is 0 Å². The van der Waals surface area contributed by atoms with Crippen LogP contribution in [0.4, 0.5) is 10.1 Å². The van der Waals surface area contributed by atoms with Crippen molar-refractivity contribution in [2.75, 3.05) is 5.32 Å². The normalized spacial score (nSPS) is 10.2. The van der Waals surface area contributed by atoms with Gasteiger partial charge in [0.2, 0.25) is 0 Å². The van der Waals surface area contributed by atoms with E-state index < -0.39 is 0 Å². The van der Waals surface area contributed by atoms with Crippen LogP contribution in [0, 0.1) is 12.7 Å². The number of hydrogen-bond acceptors (Lipinski definition) is 3. The Hall–Kier alpha value is -1.82. The summed E-state index contributed by atoms with van der Waals surface area (Å²) in [5.41, 5.74) is 1.45. The maximum absolute atomic E-state index is 12.7. The third kappa shape index (κ3) is 2.89. The molecule has 18 heavy (non-hydrogen) atoms. The fourth-order valence-electron chi connectivity index (χ4n) is 1.37. The smallest absolute Gasteiger partial charge is 0.274 e. The Labute approximate surface area is 111 Å². The van der Waals surface area contributed by atoms with Crippen LogP contribution in [0.3, 0.4) is 0 Å². The Morgan fingerprint density at radius 1 is 1.33 bits per heavy atom. The van der Waals surface area contributed by atoms with Crippen LogP contribution in [-0.4, -0.2) is 15.9 Å². The molecule has 0 unspecified atom stereocenters. The molecule has 0 saturated heterocycles. The second-order valence-corrected chi connectivity index (χ2v) is 4.34. The van der Waals surface area contributed by atoms with Crippen molar-refractivity contribution in [2.24, 2.45) is 0 Å². The number of benzene rings is 1. The second kappa shape index (κ2) is 5.22. The van der Waals surface area contributed by atoms with Gasteiger partial charge in [-0.05, 0) is 52.7 Å². The van der Waals surface area contributed by atoms with Gasteiger partial charge in [-0.1, -0.05) is 0 Å². The molecule has 1 amide bonds. The minimum Gasteiger partial charge on any atom is -0.321 e. The van der Waals surface area contributed by atoms with Gasteiger partial charge in [-0.2, -0.15) is 0 Å².